The van der Waals surface area contributed by atoms with Gasteiger partial charge in [-0.15, -0.1) is 0 Å². The molecule has 0 heterocycles. The normalized spacial score (nSPS) is 10.3. The van der Waals surface area contributed by atoms with E-state index in [9.17, 15) is 14.9 Å². The predicted molar refractivity (Wildman–Crippen MR) is 99.3 cm³/mol. The van der Waals surface area contributed by atoms with Crippen LogP contribution in [0.25, 0.3) is 0 Å². The van der Waals surface area contributed by atoms with Gasteiger partial charge in [-0.1, -0.05) is 32.0 Å². The Hall–Kier alpha value is -2.89. The van der Waals surface area contributed by atoms with E-state index in [1.165, 1.54) is 6.07 Å². The van der Waals surface area contributed by atoms with E-state index in [0.29, 0.717) is 24.3 Å². The number of nitro groups is 1. The molecule has 0 aliphatic carbocycles. The number of carbonyl (C=O) groups excluding carboxylic acids is 1. The molecule has 25 heavy (non-hydrogen) atoms. The average Bonchev–Trinajstić information content (AvgIpc) is 2.62. The summed E-state index contributed by atoms with van der Waals surface area (Å²) in [6, 6.07) is 13.8. The van der Waals surface area contributed by atoms with Crippen molar-refractivity contribution in [2.45, 2.75) is 26.7 Å². The van der Waals surface area contributed by atoms with Gasteiger partial charge in [0.2, 0.25) is 0 Å². The lowest BCUT2D eigenvalue weighted by Crippen LogP contribution is -2.32. The van der Waals surface area contributed by atoms with Crippen molar-refractivity contribution >= 4 is 23.0 Å². The summed E-state index contributed by atoms with van der Waals surface area (Å²) < 4.78 is 0. The highest BCUT2D eigenvalue weighted by atomic mass is 16.6. The van der Waals surface area contributed by atoms with Crippen molar-refractivity contribution in [2.24, 2.45) is 0 Å². The number of nitro benzene ring substituents is 1. The minimum absolute atomic E-state index is 0.109. The zero-order valence-electron chi connectivity index (χ0n) is 14.6. The van der Waals surface area contributed by atoms with Gasteiger partial charge < -0.3 is 10.2 Å². The van der Waals surface area contributed by atoms with E-state index in [1.54, 1.807) is 17.0 Å². The monoisotopic (exact) mass is 341 g/mol. The highest BCUT2D eigenvalue weighted by Crippen LogP contribution is 2.29. The van der Waals surface area contributed by atoms with Crippen molar-refractivity contribution in [1.29, 1.82) is 0 Å². The van der Waals surface area contributed by atoms with Crippen LogP contribution < -0.4 is 5.32 Å². The summed E-state index contributed by atoms with van der Waals surface area (Å²) in [5.41, 5.74) is 1.35. The summed E-state index contributed by atoms with van der Waals surface area (Å²) in [6.45, 7) is 5.30. The van der Waals surface area contributed by atoms with Crippen molar-refractivity contribution < 1.29 is 9.72 Å². The molecular formula is C19H23N3O3. The number of hydrogen-bond acceptors (Lipinski definition) is 4. The number of anilines is 2. The molecule has 0 saturated heterocycles. The van der Waals surface area contributed by atoms with Crippen LogP contribution in [0, 0.1) is 10.1 Å². The van der Waals surface area contributed by atoms with Gasteiger partial charge in [0, 0.05) is 30.4 Å². The number of nitrogens with zero attached hydrogens (tertiary/aromatic N) is 2. The Balaban J connectivity index is 2.31. The maximum atomic E-state index is 12.7. The van der Waals surface area contributed by atoms with Gasteiger partial charge in [-0.25, -0.2) is 0 Å². The number of hydrogen-bond donors (Lipinski definition) is 1. The van der Waals surface area contributed by atoms with E-state index in [0.717, 1.165) is 18.5 Å². The Kier molecular flexibility index (Phi) is 6.51. The van der Waals surface area contributed by atoms with E-state index in [-0.39, 0.29) is 11.6 Å². The SMILES string of the molecule is CCCN(CCC)C(=O)c1ccc(Nc2ccccc2)c([N+](=O)[O-])c1. The number of nitrogens with one attached hydrogen (secondary N) is 1. The van der Waals surface area contributed by atoms with Crippen LogP contribution in [0.2, 0.25) is 0 Å². The second-order valence-corrected chi connectivity index (χ2v) is 5.77. The van der Waals surface area contributed by atoms with Crippen LogP contribution in [0.3, 0.4) is 0 Å². The fourth-order valence-electron chi connectivity index (χ4n) is 2.64. The lowest BCUT2D eigenvalue weighted by molar-refractivity contribution is -0.383. The highest BCUT2D eigenvalue weighted by Gasteiger charge is 2.20. The molecule has 0 saturated carbocycles. The molecule has 0 aliphatic heterocycles. The van der Waals surface area contributed by atoms with Crippen LogP contribution in [-0.4, -0.2) is 28.8 Å². The molecule has 0 spiro atoms. The topological polar surface area (TPSA) is 75.5 Å². The van der Waals surface area contributed by atoms with Crippen molar-refractivity contribution in [2.75, 3.05) is 18.4 Å². The highest BCUT2D eigenvalue weighted by molar-refractivity contribution is 5.96. The third-order valence-electron chi connectivity index (χ3n) is 3.77. The largest absolute Gasteiger partial charge is 0.350 e. The molecule has 0 unspecified atom stereocenters. The standard InChI is InChI=1S/C19H23N3O3/c1-3-12-21(13-4-2)19(23)15-10-11-17(18(14-15)22(24)25)20-16-8-6-5-7-9-16/h5-11,14,20H,3-4,12-13H2,1-2H3. The Labute approximate surface area is 147 Å². The molecule has 0 atom stereocenters. The lowest BCUT2D eigenvalue weighted by atomic mass is 10.1. The fraction of sp³-hybridized carbons (Fsp3) is 0.316. The summed E-state index contributed by atoms with van der Waals surface area (Å²) in [4.78, 5) is 25.4. The Bertz CT molecular complexity index is 726. The molecule has 0 fully saturated rings. The molecule has 132 valence electrons. The predicted octanol–water partition coefficient (Wildman–Crippen LogP) is 4.60. The number of rotatable bonds is 8. The summed E-state index contributed by atoms with van der Waals surface area (Å²) in [7, 11) is 0. The van der Waals surface area contributed by atoms with E-state index in [4.69, 9.17) is 0 Å². The van der Waals surface area contributed by atoms with E-state index in [2.05, 4.69) is 5.32 Å². The van der Waals surface area contributed by atoms with Crippen LogP contribution in [0.5, 0.6) is 0 Å². The second kappa shape index (κ2) is 8.82. The van der Waals surface area contributed by atoms with E-state index < -0.39 is 4.92 Å². The fourth-order valence-corrected chi connectivity index (χ4v) is 2.64. The maximum absolute atomic E-state index is 12.7. The number of benzene rings is 2. The van der Waals surface area contributed by atoms with Crippen molar-refractivity contribution in [1.82, 2.24) is 4.90 Å². The van der Waals surface area contributed by atoms with Gasteiger partial charge in [0.1, 0.15) is 5.69 Å². The van der Waals surface area contributed by atoms with Gasteiger partial charge in [-0.05, 0) is 37.1 Å². The first-order chi connectivity index (χ1) is 12.1. The van der Waals surface area contributed by atoms with Crippen LogP contribution >= 0.6 is 0 Å². The summed E-state index contributed by atoms with van der Waals surface area (Å²) >= 11 is 0. The Morgan fingerprint density at radius 3 is 2.28 bits per heavy atom. The molecule has 0 aliphatic rings. The lowest BCUT2D eigenvalue weighted by Gasteiger charge is -2.21. The summed E-state index contributed by atoms with van der Waals surface area (Å²) in [5.74, 6) is -0.168. The van der Waals surface area contributed by atoms with Gasteiger partial charge in [0.15, 0.2) is 0 Å². The molecule has 1 amide bonds. The third-order valence-corrected chi connectivity index (χ3v) is 3.77. The number of carbonyl (C=O) groups is 1. The van der Waals surface area contributed by atoms with Gasteiger partial charge in [-0.3, -0.25) is 14.9 Å². The smallest absolute Gasteiger partial charge is 0.293 e. The minimum atomic E-state index is -0.466. The quantitative estimate of drug-likeness (QED) is 0.562. The molecule has 6 heteroatoms. The van der Waals surface area contributed by atoms with Gasteiger partial charge in [0.05, 0.1) is 4.92 Å². The molecule has 2 rings (SSSR count). The molecule has 2 aromatic rings. The zero-order valence-corrected chi connectivity index (χ0v) is 14.6. The first-order valence-corrected chi connectivity index (χ1v) is 8.46. The third kappa shape index (κ3) is 4.79. The van der Waals surface area contributed by atoms with Crippen molar-refractivity contribution in [3.8, 4) is 0 Å². The minimum Gasteiger partial charge on any atom is -0.350 e. The average molecular weight is 341 g/mol. The molecule has 2 aromatic carbocycles. The first-order valence-electron chi connectivity index (χ1n) is 8.46. The van der Waals surface area contributed by atoms with E-state index in [1.807, 2.05) is 44.2 Å². The van der Waals surface area contributed by atoms with Crippen LogP contribution in [0.15, 0.2) is 48.5 Å². The first kappa shape index (κ1) is 18.4. The number of para-hydroxylation sites is 1. The van der Waals surface area contributed by atoms with Gasteiger partial charge in [0.25, 0.3) is 11.6 Å². The molecule has 6 nitrogen and oxygen atoms in total. The van der Waals surface area contributed by atoms with Crippen molar-refractivity contribution in [3.63, 3.8) is 0 Å². The van der Waals surface area contributed by atoms with Gasteiger partial charge in [-0.2, -0.15) is 0 Å². The molecular weight excluding hydrogens is 318 g/mol. The van der Waals surface area contributed by atoms with Crippen LogP contribution in [-0.2, 0) is 0 Å². The van der Waals surface area contributed by atoms with Gasteiger partial charge >= 0.3 is 0 Å². The molecule has 0 aromatic heterocycles. The van der Waals surface area contributed by atoms with E-state index >= 15 is 0 Å². The zero-order chi connectivity index (χ0) is 18.2. The van der Waals surface area contributed by atoms with Crippen LogP contribution in [0.4, 0.5) is 17.1 Å². The Morgan fingerprint density at radius 1 is 1.08 bits per heavy atom. The Morgan fingerprint density at radius 2 is 1.72 bits per heavy atom. The van der Waals surface area contributed by atoms with Crippen LogP contribution in [0.1, 0.15) is 37.0 Å². The summed E-state index contributed by atoms with van der Waals surface area (Å²) in [5, 5.41) is 14.5. The maximum Gasteiger partial charge on any atom is 0.293 e. The summed E-state index contributed by atoms with van der Waals surface area (Å²) in [6.07, 6.45) is 1.70. The second-order valence-electron chi connectivity index (χ2n) is 5.77. The van der Waals surface area contributed by atoms with Crippen molar-refractivity contribution in [3.05, 3.63) is 64.2 Å². The molecule has 1 N–H and O–H groups in total. The molecule has 0 radical (unpaired) electrons. The molecule has 0 bridgehead atoms. The number of amides is 1.